The molecule has 6 rings (SSSR count). The Bertz CT molecular complexity index is 1500. The van der Waals surface area contributed by atoms with E-state index in [-0.39, 0.29) is 29.5 Å². The molecule has 0 spiro atoms. The van der Waals surface area contributed by atoms with Crippen LogP contribution in [-0.4, -0.2) is 49.2 Å². The monoisotopic (exact) mass is 968 g/mol. The number of nitrogens with one attached hydrogen (secondary N) is 4. The Balaban J connectivity index is 1.14. The molecular formula is C46H68F2I2N4. The van der Waals surface area contributed by atoms with Crippen molar-refractivity contribution in [3.63, 3.8) is 0 Å². The standard InChI is InChI=1S/C46H68F2I2N4/c1-5-7-44-42-22-20-40(48)26-38(42)24-37(46(44)53-29-34-12-10-32(11-13-34)27-51-31(2)3)8-6-9-43-41-21-19-39(47)25-36(41)18-23-45(43)52-28-33-14-16-35(17-15-33)30-54-50(4)49/h5-6,8,19-22,25-26,31-35,37,43-46,51-54H,1,7,9-18,23-24,27-30H2,2-4H3/t32?,33?,34?,35?,37?,43?,44-,45-,46+/m1/s1. The summed E-state index contributed by atoms with van der Waals surface area (Å²) in [5, 5.41) is 11.8. The first-order valence-electron chi connectivity index (χ1n) is 21.2. The first kappa shape index (κ1) is 42.7. The molecule has 0 aliphatic heterocycles. The van der Waals surface area contributed by atoms with Gasteiger partial charge in [-0.1, -0.05) is 32.1 Å². The Labute approximate surface area is 343 Å². The largest absolute Gasteiger partial charge is 0.314 e. The molecule has 8 heteroatoms. The molecule has 0 heterocycles. The second kappa shape index (κ2) is 21.2. The zero-order valence-corrected chi connectivity index (χ0v) is 37.5. The van der Waals surface area contributed by atoms with Gasteiger partial charge in [-0.15, -0.1) is 6.58 Å². The Morgan fingerprint density at radius 2 is 1.33 bits per heavy atom. The maximum absolute atomic E-state index is 14.7. The third-order valence-electron chi connectivity index (χ3n) is 13.4. The molecule has 2 aromatic carbocycles. The van der Waals surface area contributed by atoms with Crippen molar-refractivity contribution in [2.24, 2.45) is 29.6 Å². The number of aryl methyl sites for hydroxylation is 1. The molecule has 0 aromatic heterocycles. The van der Waals surface area contributed by atoms with Gasteiger partial charge in [-0.2, -0.15) is 0 Å². The fourth-order valence-corrected chi connectivity index (χ4v) is 12.6. The molecule has 4 aliphatic rings. The van der Waals surface area contributed by atoms with Crippen LogP contribution in [0.15, 0.2) is 61.2 Å². The maximum atomic E-state index is 14.7. The summed E-state index contributed by atoms with van der Waals surface area (Å²) in [6.45, 7) is 13.1. The predicted octanol–water partition coefficient (Wildman–Crippen LogP) is 11.0. The minimum Gasteiger partial charge on any atom is -0.314 e. The SMILES string of the molecule is C=CC[C@@H]1c2ccc(F)cc2CC(C=CCC2c3ccc(F)cc3CC[C@H]2NCC2CCC(CNI(C)I)CC2)[C@@H]1NCC1CCC(CNC(C)C)CC1. The Hall–Kier alpha value is -0.920. The molecule has 4 aliphatic carbocycles. The number of allylic oxidation sites excluding steroid dienone is 2. The number of rotatable bonds is 17. The molecule has 5 atom stereocenters. The number of hydrogen-bond donors (Lipinski definition) is 4. The molecule has 4 nitrogen and oxygen atoms in total. The van der Waals surface area contributed by atoms with Gasteiger partial charge < -0.3 is 10.6 Å². The molecule has 0 radical (unpaired) electrons. The molecule has 0 bridgehead atoms. The van der Waals surface area contributed by atoms with Crippen molar-refractivity contribution in [1.82, 2.24) is 19.5 Å². The van der Waals surface area contributed by atoms with E-state index in [1.807, 2.05) is 6.07 Å². The van der Waals surface area contributed by atoms with Gasteiger partial charge in [0.05, 0.1) is 0 Å². The average molecular weight is 969 g/mol. The van der Waals surface area contributed by atoms with E-state index in [9.17, 15) is 8.78 Å². The maximum Gasteiger partial charge on any atom is 0.0205 e. The van der Waals surface area contributed by atoms with Crippen molar-refractivity contribution in [3.8, 4) is 0 Å². The van der Waals surface area contributed by atoms with E-state index >= 15 is 0 Å². The normalized spacial score (nSPS) is 30.3. The van der Waals surface area contributed by atoms with E-state index in [0.717, 1.165) is 75.1 Å². The molecule has 2 aromatic rings. The van der Waals surface area contributed by atoms with Gasteiger partial charge in [0.15, 0.2) is 0 Å². The third-order valence-corrected chi connectivity index (χ3v) is 16.8. The van der Waals surface area contributed by atoms with Crippen LogP contribution in [-0.2, 0) is 12.8 Å². The van der Waals surface area contributed by atoms with E-state index in [1.54, 1.807) is 24.3 Å². The van der Waals surface area contributed by atoms with Gasteiger partial charge in [-0.25, -0.2) is 8.78 Å². The van der Waals surface area contributed by atoms with Gasteiger partial charge in [0.1, 0.15) is 11.6 Å². The van der Waals surface area contributed by atoms with Gasteiger partial charge in [0.25, 0.3) is 0 Å². The number of alkyl halides is 1. The van der Waals surface area contributed by atoms with Crippen LogP contribution in [0.1, 0.15) is 119 Å². The van der Waals surface area contributed by atoms with Gasteiger partial charge in [0.2, 0.25) is 0 Å². The van der Waals surface area contributed by atoms with Gasteiger partial charge in [0, 0.05) is 18.0 Å². The summed E-state index contributed by atoms with van der Waals surface area (Å²) >= 11 is 1.72. The van der Waals surface area contributed by atoms with E-state index in [2.05, 4.69) is 87.7 Å². The molecule has 0 amide bonds. The second-order valence-corrected chi connectivity index (χ2v) is 28.8. The van der Waals surface area contributed by atoms with Crippen LogP contribution in [0, 0.1) is 41.2 Å². The Kier molecular flexibility index (Phi) is 16.7. The van der Waals surface area contributed by atoms with Crippen LogP contribution in [0.2, 0.25) is 0 Å². The van der Waals surface area contributed by atoms with Gasteiger partial charge in [-0.05, 0) is 105 Å². The number of halogens is 4. The van der Waals surface area contributed by atoms with E-state index in [0.29, 0.717) is 23.9 Å². The van der Waals surface area contributed by atoms with Crippen LogP contribution < -0.4 is 19.5 Å². The summed E-state index contributed by atoms with van der Waals surface area (Å²) in [6, 6.07) is 12.1. The first-order chi connectivity index (χ1) is 26.2. The molecule has 2 saturated carbocycles. The smallest absolute Gasteiger partial charge is 0.0205 e. The molecule has 4 N–H and O–H groups in total. The van der Waals surface area contributed by atoms with Crippen LogP contribution in [0.3, 0.4) is 0 Å². The second-order valence-electron chi connectivity index (χ2n) is 17.5. The molecule has 300 valence electrons. The minimum atomic E-state index is -0.899. The van der Waals surface area contributed by atoms with Crippen LogP contribution >= 0.6 is 34.7 Å². The summed E-state index contributed by atoms with van der Waals surface area (Å²) in [5.74, 6) is 3.63. The van der Waals surface area contributed by atoms with Crippen molar-refractivity contribution >= 4 is 34.7 Å². The predicted molar refractivity (Wildman–Crippen MR) is 242 cm³/mol. The topological polar surface area (TPSA) is 48.1 Å². The van der Waals surface area contributed by atoms with Crippen molar-refractivity contribution in [2.45, 2.75) is 127 Å². The quantitative estimate of drug-likeness (QED) is 0.0552. The summed E-state index contributed by atoms with van der Waals surface area (Å²) < 4.78 is 32.9. The fraction of sp³-hybridized carbons (Fsp3) is 0.652. The van der Waals surface area contributed by atoms with Crippen LogP contribution in [0.25, 0.3) is 0 Å². The molecule has 0 saturated heterocycles. The summed E-state index contributed by atoms with van der Waals surface area (Å²) in [5.41, 5.74) is 4.91. The summed E-state index contributed by atoms with van der Waals surface area (Å²) in [6.07, 6.45) is 22.0. The van der Waals surface area contributed by atoms with Gasteiger partial charge in [-0.3, -0.25) is 0 Å². The first-order valence-corrected chi connectivity index (χ1v) is 30.7. The average Bonchev–Trinajstić information content (AvgIpc) is 3.16. The minimum absolute atomic E-state index is 0.128. The molecule has 54 heavy (non-hydrogen) atoms. The fourth-order valence-electron chi connectivity index (χ4n) is 10.3. The molecule has 2 unspecified atom stereocenters. The molecule has 2 fully saturated rings. The van der Waals surface area contributed by atoms with Crippen LogP contribution in [0.4, 0.5) is 8.78 Å². The Morgan fingerprint density at radius 3 is 1.94 bits per heavy atom. The summed E-state index contributed by atoms with van der Waals surface area (Å²) in [7, 11) is 0. The van der Waals surface area contributed by atoms with Crippen molar-refractivity contribution < 1.29 is 8.78 Å². The Morgan fingerprint density at radius 1 is 0.759 bits per heavy atom. The number of benzene rings is 2. The number of hydrogen-bond acceptors (Lipinski definition) is 4. The molecular weight excluding hydrogens is 900 g/mol. The van der Waals surface area contributed by atoms with Crippen molar-refractivity contribution in [1.29, 1.82) is 0 Å². The summed E-state index contributed by atoms with van der Waals surface area (Å²) in [4.78, 5) is 2.38. The number of fused-ring (bicyclic) bond motifs is 2. The van der Waals surface area contributed by atoms with Crippen molar-refractivity contribution in [3.05, 3.63) is 95.1 Å². The van der Waals surface area contributed by atoms with Gasteiger partial charge >= 0.3 is 154 Å². The third kappa shape index (κ3) is 12.1. The van der Waals surface area contributed by atoms with E-state index in [1.165, 1.54) is 74.6 Å². The van der Waals surface area contributed by atoms with E-state index < -0.39 is 16.1 Å². The zero-order valence-electron chi connectivity index (χ0n) is 33.2. The van der Waals surface area contributed by atoms with Crippen LogP contribution in [0.5, 0.6) is 0 Å². The van der Waals surface area contributed by atoms with E-state index in [4.69, 9.17) is 0 Å². The van der Waals surface area contributed by atoms with Crippen molar-refractivity contribution in [2.75, 3.05) is 31.1 Å². The zero-order chi connectivity index (χ0) is 38.0.